The predicted octanol–water partition coefficient (Wildman–Crippen LogP) is 2.31. The number of nitrogens with one attached hydrogen (secondary N) is 1. The number of Topliss-reactive ketones (excluding diaryl/α,β-unsaturated/α-hetero) is 1. The summed E-state index contributed by atoms with van der Waals surface area (Å²) in [6, 6.07) is 1.59. The summed E-state index contributed by atoms with van der Waals surface area (Å²) in [5.41, 5.74) is -0.663. The van der Waals surface area contributed by atoms with Crippen molar-refractivity contribution >= 4 is 23.3 Å². The van der Waals surface area contributed by atoms with Gasteiger partial charge in [-0.2, -0.15) is 0 Å². The molecule has 0 radical (unpaired) electrons. The largest absolute Gasteiger partial charge is 0.503 e. The smallest absolute Gasteiger partial charge is 0.257 e. The first kappa shape index (κ1) is 22.8. The molecule has 3 heterocycles. The van der Waals surface area contributed by atoms with Gasteiger partial charge in [-0.05, 0) is 31.4 Å². The molecule has 1 aliphatic rings. The van der Waals surface area contributed by atoms with Gasteiger partial charge in [-0.1, -0.05) is 11.6 Å². The monoisotopic (exact) mass is 449 g/mol. The molecule has 0 aliphatic carbocycles. The topological polar surface area (TPSA) is 120 Å². The molecule has 0 bridgehead atoms. The Hall–Kier alpha value is -2.91. The first-order valence-corrected chi connectivity index (χ1v) is 10.3. The van der Waals surface area contributed by atoms with Crippen LogP contribution in [0.4, 0.5) is 0 Å². The number of carbonyl (C=O) groups excluding carboxylic acids is 2. The summed E-state index contributed by atoms with van der Waals surface area (Å²) in [4.78, 5) is 42.0. The predicted molar refractivity (Wildman–Crippen MR) is 113 cm³/mol. The summed E-state index contributed by atoms with van der Waals surface area (Å²) in [5.74, 6) is -1.50. The normalized spacial score (nSPS) is 17.0. The van der Waals surface area contributed by atoms with Crippen molar-refractivity contribution in [3.8, 4) is 11.6 Å². The molecule has 1 amide bonds. The number of ketones is 1. The van der Waals surface area contributed by atoms with Crippen LogP contribution in [0.5, 0.6) is 11.6 Å². The molecular formula is C21H24ClN3O6. The van der Waals surface area contributed by atoms with Gasteiger partial charge in [0.05, 0.1) is 13.2 Å². The van der Waals surface area contributed by atoms with Crippen molar-refractivity contribution in [2.45, 2.75) is 45.4 Å². The highest BCUT2D eigenvalue weighted by atomic mass is 35.5. The lowest BCUT2D eigenvalue weighted by atomic mass is 10.1. The number of ether oxygens (including phenoxy) is 2. The van der Waals surface area contributed by atoms with Crippen molar-refractivity contribution in [1.82, 2.24) is 14.9 Å². The molecule has 2 N–H and O–H groups in total. The number of fused-ring (bicyclic) bond motifs is 1. The minimum Gasteiger partial charge on any atom is -0.503 e. The fourth-order valence-electron chi connectivity index (χ4n) is 3.36. The SMILES string of the molecule is COc1ncc(CNC(=O)c2cn3c(c(O)c2=O)C(=O)CCCCO[C@H](C)C3)cc1Cl. The summed E-state index contributed by atoms with van der Waals surface area (Å²) in [6.07, 6.45) is 3.99. The number of carbonyl (C=O) groups is 2. The Morgan fingerprint density at radius 1 is 1.42 bits per heavy atom. The Kier molecular flexibility index (Phi) is 7.29. The summed E-state index contributed by atoms with van der Waals surface area (Å²) in [5, 5.41) is 13.4. The third-order valence-corrected chi connectivity index (χ3v) is 5.20. The number of nitrogens with zero attached hydrogens (tertiary/aromatic N) is 2. The van der Waals surface area contributed by atoms with Crippen LogP contribution in [-0.2, 0) is 17.8 Å². The van der Waals surface area contributed by atoms with Crippen LogP contribution in [0.25, 0.3) is 0 Å². The van der Waals surface area contributed by atoms with Crippen LogP contribution in [0.3, 0.4) is 0 Å². The second-order valence-corrected chi connectivity index (χ2v) is 7.71. The van der Waals surface area contributed by atoms with E-state index in [9.17, 15) is 19.5 Å². The van der Waals surface area contributed by atoms with E-state index in [1.54, 1.807) is 6.07 Å². The number of aromatic hydroxyl groups is 1. The third-order valence-electron chi connectivity index (χ3n) is 4.93. The van der Waals surface area contributed by atoms with Crippen molar-refractivity contribution in [2.24, 2.45) is 0 Å². The van der Waals surface area contributed by atoms with E-state index in [0.717, 1.165) is 0 Å². The van der Waals surface area contributed by atoms with Crippen LogP contribution in [0.15, 0.2) is 23.3 Å². The molecule has 31 heavy (non-hydrogen) atoms. The number of hydrogen-bond acceptors (Lipinski definition) is 7. The zero-order chi connectivity index (χ0) is 22.5. The average molecular weight is 450 g/mol. The van der Waals surface area contributed by atoms with Crippen LogP contribution in [-0.4, -0.2) is 46.2 Å². The second kappa shape index (κ2) is 9.93. The zero-order valence-corrected chi connectivity index (χ0v) is 18.1. The highest BCUT2D eigenvalue weighted by Crippen LogP contribution is 2.22. The number of amides is 1. The Bertz CT molecular complexity index is 1050. The van der Waals surface area contributed by atoms with Gasteiger partial charge in [0.1, 0.15) is 16.3 Å². The van der Waals surface area contributed by atoms with Gasteiger partial charge in [-0.15, -0.1) is 0 Å². The van der Waals surface area contributed by atoms with Gasteiger partial charge in [0, 0.05) is 38.5 Å². The molecule has 1 atom stereocenters. The number of methoxy groups -OCH3 is 1. The third kappa shape index (κ3) is 5.23. The highest BCUT2D eigenvalue weighted by molar-refractivity contribution is 6.31. The van der Waals surface area contributed by atoms with E-state index < -0.39 is 17.1 Å². The standard InChI is InChI=1S/C21H24ClN3O6/c1-12-10-25-11-14(18(27)19(28)17(25)16(26)5-3-4-6-31-12)20(29)23-8-13-7-15(22)21(30-2)24-9-13/h7,9,11-12,28H,3-6,8,10H2,1-2H3,(H,23,29)/t12-/m1/s1. The van der Waals surface area contributed by atoms with Crippen molar-refractivity contribution in [3.63, 3.8) is 0 Å². The molecule has 0 unspecified atom stereocenters. The second-order valence-electron chi connectivity index (χ2n) is 7.30. The summed E-state index contributed by atoms with van der Waals surface area (Å²) in [6.45, 7) is 2.61. The van der Waals surface area contributed by atoms with Crippen molar-refractivity contribution in [1.29, 1.82) is 0 Å². The van der Waals surface area contributed by atoms with Gasteiger partial charge in [0.2, 0.25) is 11.3 Å². The van der Waals surface area contributed by atoms with E-state index in [-0.39, 0.29) is 53.6 Å². The zero-order valence-electron chi connectivity index (χ0n) is 17.3. The fraction of sp³-hybridized carbons (Fsp3) is 0.429. The summed E-state index contributed by atoms with van der Waals surface area (Å²) < 4.78 is 12.1. The molecule has 9 nitrogen and oxygen atoms in total. The minimum absolute atomic E-state index is 0.0515. The molecule has 0 saturated heterocycles. The Labute approximate surface area is 184 Å². The van der Waals surface area contributed by atoms with E-state index in [4.69, 9.17) is 21.1 Å². The Morgan fingerprint density at radius 2 is 2.19 bits per heavy atom. The molecule has 0 aromatic carbocycles. The molecular weight excluding hydrogens is 426 g/mol. The quantitative estimate of drug-likeness (QED) is 0.734. The van der Waals surface area contributed by atoms with Gasteiger partial charge in [-0.25, -0.2) is 4.98 Å². The van der Waals surface area contributed by atoms with Gasteiger partial charge in [-0.3, -0.25) is 14.4 Å². The summed E-state index contributed by atoms with van der Waals surface area (Å²) >= 11 is 6.04. The molecule has 0 saturated carbocycles. The molecule has 1 aliphatic heterocycles. The van der Waals surface area contributed by atoms with E-state index in [2.05, 4.69) is 10.3 Å². The lowest BCUT2D eigenvalue weighted by Gasteiger charge is -2.21. The molecule has 2 aromatic heterocycles. The highest BCUT2D eigenvalue weighted by Gasteiger charge is 2.25. The van der Waals surface area contributed by atoms with E-state index in [0.29, 0.717) is 25.0 Å². The van der Waals surface area contributed by atoms with E-state index >= 15 is 0 Å². The molecule has 0 fully saturated rings. The maximum atomic E-state index is 12.7. The van der Waals surface area contributed by atoms with E-state index in [1.807, 2.05) is 6.92 Å². The number of rotatable bonds is 4. The van der Waals surface area contributed by atoms with Gasteiger partial charge >= 0.3 is 0 Å². The lowest BCUT2D eigenvalue weighted by Crippen LogP contribution is -2.32. The van der Waals surface area contributed by atoms with Crippen LogP contribution in [0.1, 0.15) is 52.6 Å². The number of hydrogen-bond donors (Lipinski definition) is 2. The minimum atomic E-state index is -0.895. The first-order valence-electron chi connectivity index (χ1n) is 9.89. The van der Waals surface area contributed by atoms with Gasteiger partial charge in [0.25, 0.3) is 5.91 Å². The lowest BCUT2D eigenvalue weighted by molar-refractivity contribution is 0.0485. The average Bonchev–Trinajstić information content (AvgIpc) is 2.74. The molecule has 166 valence electrons. The first-order chi connectivity index (χ1) is 14.8. The van der Waals surface area contributed by atoms with Gasteiger partial charge in [0.15, 0.2) is 11.5 Å². The van der Waals surface area contributed by atoms with Crippen LogP contribution < -0.4 is 15.5 Å². The van der Waals surface area contributed by atoms with Crippen molar-refractivity contribution in [3.05, 3.63) is 50.5 Å². The van der Waals surface area contributed by atoms with Crippen LogP contribution in [0, 0.1) is 0 Å². The maximum Gasteiger partial charge on any atom is 0.257 e. The molecule has 3 rings (SSSR count). The molecule has 2 aromatic rings. The maximum absolute atomic E-state index is 12.7. The van der Waals surface area contributed by atoms with Crippen LogP contribution >= 0.6 is 11.6 Å². The Morgan fingerprint density at radius 3 is 2.90 bits per heavy atom. The Balaban J connectivity index is 1.88. The summed E-state index contributed by atoms with van der Waals surface area (Å²) in [7, 11) is 1.44. The van der Waals surface area contributed by atoms with Gasteiger partial charge < -0.3 is 24.5 Å². The van der Waals surface area contributed by atoms with Crippen LogP contribution in [0.2, 0.25) is 5.02 Å². The molecule has 0 spiro atoms. The van der Waals surface area contributed by atoms with E-state index in [1.165, 1.54) is 24.1 Å². The number of halogens is 1. The number of aromatic nitrogens is 2. The van der Waals surface area contributed by atoms with Crippen molar-refractivity contribution < 1.29 is 24.2 Å². The van der Waals surface area contributed by atoms with Crippen molar-refractivity contribution in [2.75, 3.05) is 13.7 Å². The number of pyridine rings is 2. The fourth-order valence-corrected chi connectivity index (χ4v) is 3.62. The molecule has 10 heteroatoms.